The maximum atomic E-state index is 12.7. The summed E-state index contributed by atoms with van der Waals surface area (Å²) in [6.45, 7) is 5.14. The standard InChI is InChI=1S/C27H34N2O2.ClH/c1-2-29(27(30)31-21-23-12-7-4-8-13-23)25-16-18-28(19-17-25)26(24-14-9-15-24)20-22-10-5-3-6-11-22;/h3-8,10-14,25-26H,2,9,15-21H2,1H3;1H. The van der Waals surface area contributed by atoms with E-state index in [9.17, 15) is 4.79 Å². The zero-order valence-corrected chi connectivity index (χ0v) is 19.8. The van der Waals surface area contributed by atoms with Crippen LogP contribution in [-0.2, 0) is 17.8 Å². The fourth-order valence-corrected chi connectivity index (χ4v) is 4.79. The number of rotatable bonds is 8. The lowest BCUT2D eigenvalue weighted by molar-refractivity contribution is 0.0575. The maximum absolute atomic E-state index is 12.7. The molecule has 172 valence electrons. The molecular weight excluding hydrogens is 420 g/mol. The van der Waals surface area contributed by atoms with Crippen LogP contribution in [0, 0.1) is 0 Å². The Labute approximate surface area is 198 Å². The maximum Gasteiger partial charge on any atom is 0.410 e. The van der Waals surface area contributed by atoms with Gasteiger partial charge < -0.3 is 9.64 Å². The van der Waals surface area contributed by atoms with E-state index >= 15 is 0 Å². The summed E-state index contributed by atoms with van der Waals surface area (Å²) in [5.41, 5.74) is 4.03. The quantitative estimate of drug-likeness (QED) is 0.468. The molecule has 1 unspecified atom stereocenters. The minimum absolute atomic E-state index is 0. The topological polar surface area (TPSA) is 32.8 Å². The van der Waals surface area contributed by atoms with E-state index in [0.717, 1.165) is 37.9 Å². The van der Waals surface area contributed by atoms with Gasteiger partial charge in [0.05, 0.1) is 0 Å². The van der Waals surface area contributed by atoms with Gasteiger partial charge in [-0.3, -0.25) is 4.90 Å². The molecule has 2 aromatic carbocycles. The van der Waals surface area contributed by atoms with Gasteiger partial charge in [-0.15, -0.1) is 12.4 Å². The van der Waals surface area contributed by atoms with Gasteiger partial charge in [0.15, 0.2) is 0 Å². The van der Waals surface area contributed by atoms with Crippen LogP contribution >= 0.6 is 12.4 Å². The Morgan fingerprint density at radius 1 is 1.03 bits per heavy atom. The molecule has 1 heterocycles. The van der Waals surface area contributed by atoms with E-state index in [2.05, 4.69) is 41.3 Å². The first-order valence-electron chi connectivity index (χ1n) is 11.7. The fourth-order valence-electron chi connectivity index (χ4n) is 4.79. The van der Waals surface area contributed by atoms with Crippen LogP contribution in [0.15, 0.2) is 72.3 Å². The van der Waals surface area contributed by atoms with Crippen molar-refractivity contribution in [2.45, 2.75) is 57.7 Å². The molecule has 5 heteroatoms. The Bertz CT molecular complexity index is 864. The molecule has 1 saturated heterocycles. The number of halogens is 1. The first-order chi connectivity index (χ1) is 15.2. The number of amides is 1. The highest BCUT2D eigenvalue weighted by Gasteiger charge is 2.32. The SMILES string of the molecule is CCN(C(=O)OCc1ccccc1)C1CCN(C(Cc2ccccc2)C2=CCC2)CC1.Cl. The summed E-state index contributed by atoms with van der Waals surface area (Å²) in [6.07, 6.45) is 7.76. The molecule has 2 aromatic rings. The zero-order chi connectivity index (χ0) is 21.5. The number of benzene rings is 2. The van der Waals surface area contributed by atoms with Gasteiger partial charge >= 0.3 is 6.09 Å². The van der Waals surface area contributed by atoms with Gasteiger partial charge in [-0.2, -0.15) is 0 Å². The molecule has 0 aromatic heterocycles. The van der Waals surface area contributed by atoms with Crippen LogP contribution in [0.1, 0.15) is 43.7 Å². The lowest BCUT2D eigenvalue weighted by Gasteiger charge is -2.42. The summed E-state index contributed by atoms with van der Waals surface area (Å²) in [4.78, 5) is 17.3. The van der Waals surface area contributed by atoms with Crippen molar-refractivity contribution >= 4 is 18.5 Å². The van der Waals surface area contributed by atoms with Crippen molar-refractivity contribution in [1.29, 1.82) is 0 Å². The van der Waals surface area contributed by atoms with Crippen LogP contribution in [0.3, 0.4) is 0 Å². The highest BCUT2D eigenvalue weighted by Crippen LogP contribution is 2.30. The minimum Gasteiger partial charge on any atom is -0.445 e. The summed E-state index contributed by atoms with van der Waals surface area (Å²) in [5, 5.41) is 0. The molecule has 2 aliphatic rings. The second kappa shape index (κ2) is 12.1. The number of likely N-dealkylation sites (tertiary alicyclic amines) is 1. The smallest absolute Gasteiger partial charge is 0.410 e. The molecule has 1 atom stereocenters. The Morgan fingerprint density at radius 2 is 1.62 bits per heavy atom. The summed E-state index contributed by atoms with van der Waals surface area (Å²) >= 11 is 0. The van der Waals surface area contributed by atoms with Gasteiger partial charge in [0.2, 0.25) is 0 Å². The molecule has 0 saturated carbocycles. The number of nitrogens with zero attached hydrogens (tertiary/aromatic N) is 2. The number of piperidine rings is 1. The average Bonchev–Trinajstić information content (AvgIpc) is 2.78. The predicted octanol–water partition coefficient (Wildman–Crippen LogP) is 5.86. The molecule has 1 aliphatic carbocycles. The first kappa shape index (κ1) is 24.3. The summed E-state index contributed by atoms with van der Waals surface area (Å²) in [6, 6.07) is 21.5. The van der Waals surface area contributed by atoms with Gasteiger partial charge in [-0.1, -0.05) is 72.3 Å². The van der Waals surface area contributed by atoms with E-state index in [1.54, 1.807) is 5.57 Å². The van der Waals surface area contributed by atoms with Crippen LogP contribution in [0.5, 0.6) is 0 Å². The summed E-state index contributed by atoms with van der Waals surface area (Å²) in [7, 11) is 0. The molecule has 4 nitrogen and oxygen atoms in total. The summed E-state index contributed by atoms with van der Waals surface area (Å²) in [5.74, 6) is 0. The molecular formula is C27H35ClN2O2. The lowest BCUT2D eigenvalue weighted by Crippen LogP contribution is -2.51. The highest BCUT2D eigenvalue weighted by atomic mass is 35.5. The number of hydrogen-bond acceptors (Lipinski definition) is 3. The second-order valence-electron chi connectivity index (χ2n) is 8.62. The van der Waals surface area contributed by atoms with E-state index in [-0.39, 0.29) is 24.5 Å². The molecule has 0 radical (unpaired) electrons. The van der Waals surface area contributed by atoms with E-state index in [0.29, 0.717) is 19.2 Å². The van der Waals surface area contributed by atoms with Gasteiger partial charge in [-0.05, 0) is 50.2 Å². The van der Waals surface area contributed by atoms with Crippen molar-refractivity contribution in [2.75, 3.05) is 19.6 Å². The molecule has 0 bridgehead atoms. The normalized spacial score (nSPS) is 17.5. The van der Waals surface area contributed by atoms with E-state index < -0.39 is 0 Å². The number of allylic oxidation sites excluding steroid dienone is 1. The first-order valence-corrected chi connectivity index (χ1v) is 11.7. The Kier molecular flexibility index (Phi) is 9.19. The Morgan fingerprint density at radius 3 is 2.16 bits per heavy atom. The van der Waals surface area contributed by atoms with E-state index in [1.165, 1.54) is 18.4 Å². The van der Waals surface area contributed by atoms with Gasteiger partial charge in [-0.25, -0.2) is 4.79 Å². The molecule has 0 spiro atoms. The van der Waals surface area contributed by atoms with Crippen LogP contribution in [-0.4, -0.2) is 47.6 Å². The van der Waals surface area contributed by atoms with Crippen molar-refractivity contribution in [1.82, 2.24) is 9.80 Å². The average molecular weight is 455 g/mol. The lowest BCUT2D eigenvalue weighted by atomic mass is 9.86. The van der Waals surface area contributed by atoms with Gasteiger partial charge in [0, 0.05) is 31.7 Å². The van der Waals surface area contributed by atoms with E-state index in [4.69, 9.17) is 4.74 Å². The van der Waals surface area contributed by atoms with Crippen LogP contribution in [0.25, 0.3) is 0 Å². The number of carbonyl (C=O) groups is 1. The Hall–Kier alpha value is -2.30. The third kappa shape index (κ3) is 6.14. The monoisotopic (exact) mass is 454 g/mol. The van der Waals surface area contributed by atoms with Crippen molar-refractivity contribution in [3.05, 3.63) is 83.4 Å². The molecule has 1 aliphatic heterocycles. The highest BCUT2D eigenvalue weighted by molar-refractivity contribution is 5.85. The number of hydrogen-bond donors (Lipinski definition) is 0. The fraction of sp³-hybridized carbons (Fsp3) is 0.444. The van der Waals surface area contributed by atoms with Gasteiger partial charge in [0.25, 0.3) is 0 Å². The third-order valence-corrected chi connectivity index (χ3v) is 6.70. The zero-order valence-electron chi connectivity index (χ0n) is 19.0. The third-order valence-electron chi connectivity index (χ3n) is 6.70. The molecule has 4 rings (SSSR count). The predicted molar refractivity (Wildman–Crippen MR) is 132 cm³/mol. The number of ether oxygens (including phenoxy) is 1. The molecule has 0 N–H and O–H groups in total. The van der Waals surface area contributed by atoms with Crippen LogP contribution < -0.4 is 0 Å². The molecule has 32 heavy (non-hydrogen) atoms. The number of carbonyl (C=O) groups excluding carboxylic acids is 1. The van der Waals surface area contributed by atoms with Crippen molar-refractivity contribution in [3.8, 4) is 0 Å². The minimum atomic E-state index is -0.188. The van der Waals surface area contributed by atoms with Crippen molar-refractivity contribution in [2.24, 2.45) is 0 Å². The van der Waals surface area contributed by atoms with Crippen molar-refractivity contribution < 1.29 is 9.53 Å². The largest absolute Gasteiger partial charge is 0.445 e. The second-order valence-corrected chi connectivity index (χ2v) is 8.62. The molecule has 1 amide bonds. The Balaban J connectivity index is 0.00000289. The van der Waals surface area contributed by atoms with E-state index in [1.807, 2.05) is 42.2 Å². The molecule has 1 fully saturated rings. The van der Waals surface area contributed by atoms with Gasteiger partial charge in [0.1, 0.15) is 6.61 Å². The van der Waals surface area contributed by atoms with Crippen molar-refractivity contribution in [3.63, 3.8) is 0 Å². The summed E-state index contributed by atoms with van der Waals surface area (Å²) < 4.78 is 5.62. The van der Waals surface area contributed by atoms with Crippen LogP contribution in [0.2, 0.25) is 0 Å². The van der Waals surface area contributed by atoms with Crippen LogP contribution in [0.4, 0.5) is 4.79 Å².